The number of rotatable bonds is 30. The number of halogens is 6. The van der Waals surface area contributed by atoms with Gasteiger partial charge in [-0.25, -0.2) is 18.0 Å². The first kappa shape index (κ1) is 93.4. The van der Waals surface area contributed by atoms with Gasteiger partial charge in [-0.3, -0.25) is 9.59 Å². The summed E-state index contributed by atoms with van der Waals surface area (Å²) >= 11 is 0. The standard InChI is InChI=1S/C32H34O3.C25H36O3.C19H18F6O8S2.C15H22O7/c1-4-24(2)26-18-20-29(21-19-26)35-25(3)33-22-23-34-32-30(27-12-7-5-8-13-27)16-11-17-31(32)28-14-9-6-10-15-28;1-5-17(2)21-6-8-22(9-7-21)27-16-23(26)28-24(3,4)25-13-18-10-19(14-25)12-20(11-18)15-25;1-4-16(2,3)15(26)32-13-7-5-12-10-14(8-6-11(12)9-13)33-35(30,31)19(24,25)17(20,21)18(22,23)34(27,28)29;1-6-14(2,3)13(17)20-9-7-8(18-11(9)16)10-12(19-7)22-15(4,5)21-10/h5-21,24-25H,4,22-23H2,1-3H3;6-9,17-20H,5,10-16H2,1-4H3;5-10H,4H2,1-3H3,(H,27,28,29);7-10,12H,6H2,1-5H3/p-1. The summed E-state index contributed by atoms with van der Waals surface area (Å²) in [5, 5.41) is -13.5. The van der Waals surface area contributed by atoms with E-state index in [2.05, 4.69) is 112 Å². The Bertz CT molecular complexity index is 4840. The van der Waals surface area contributed by atoms with Gasteiger partial charge in [0.25, 0.3) is 0 Å². The van der Waals surface area contributed by atoms with Crippen LogP contribution in [0.2, 0.25) is 0 Å². The summed E-state index contributed by atoms with van der Waals surface area (Å²) in [6.45, 7) is 29.9. The first-order valence-corrected chi connectivity index (χ1v) is 43.4. The summed E-state index contributed by atoms with van der Waals surface area (Å²) < 4.78 is 203. The second kappa shape index (κ2) is 37.5. The number of carbonyl (C=O) groups is 4. The highest BCUT2D eigenvalue weighted by atomic mass is 32.2. The third-order valence-corrected chi connectivity index (χ3v) is 26.0. The van der Waals surface area contributed by atoms with Crippen LogP contribution in [-0.2, 0) is 72.6 Å². The molecule has 14 rings (SSSR count). The molecule has 4 saturated carbocycles. The SMILES string of the molecule is CCC(C)(C)C(=O)OC1C(=O)OC2C3OC(C)(C)OC3OC12.CCC(C)(C)C(=O)Oc1ccc2cc(OS(=O)(=O)C(F)(F)C(F)(F)C(F)(F)S(=O)(=O)[O-])ccc2c1.CCC(C)c1ccc(OC(C)OCCOc2c(-c3ccccc3)cccc2-c2ccccc2)cc1.CCC(C)c1ccc(OCC(=O)OC(C)(C)C23CC4CC(CC(C4)C2)C3)cc1. The maximum absolute atomic E-state index is 13.9. The number of ether oxygens (including phenoxy) is 11. The second-order valence-corrected chi connectivity index (χ2v) is 37.0. The van der Waals surface area contributed by atoms with Crippen LogP contribution in [0.1, 0.15) is 191 Å². The molecule has 7 aliphatic rings. The molecule has 3 saturated heterocycles. The minimum absolute atomic E-state index is 0.0154. The van der Waals surface area contributed by atoms with Crippen molar-refractivity contribution in [1.29, 1.82) is 0 Å². The van der Waals surface area contributed by atoms with Gasteiger partial charge in [0.2, 0.25) is 6.10 Å². The van der Waals surface area contributed by atoms with Crippen molar-refractivity contribution >= 4 is 54.9 Å². The van der Waals surface area contributed by atoms with Crippen molar-refractivity contribution in [3.63, 3.8) is 0 Å². The van der Waals surface area contributed by atoms with Crippen molar-refractivity contribution in [1.82, 2.24) is 0 Å². The summed E-state index contributed by atoms with van der Waals surface area (Å²) in [4.78, 5) is 49.0. The van der Waals surface area contributed by atoms with Gasteiger partial charge in [-0.1, -0.05) is 157 Å². The van der Waals surface area contributed by atoms with E-state index in [9.17, 15) is 66.9 Å². The zero-order valence-electron chi connectivity index (χ0n) is 70.3. The molecule has 7 fully saturated rings. The minimum atomic E-state index is -7.40. The first-order chi connectivity index (χ1) is 56.2. The molecule has 8 atom stereocenters. The van der Waals surface area contributed by atoms with Gasteiger partial charge < -0.3 is 60.8 Å². The Hall–Kier alpha value is -8.84. The van der Waals surface area contributed by atoms with Crippen molar-refractivity contribution in [3.8, 4) is 51.0 Å². The fourth-order valence-corrected chi connectivity index (χ4v) is 17.1. The molecular formula is C91H109F6O21S2-. The lowest BCUT2D eigenvalue weighted by molar-refractivity contribution is -0.247. The van der Waals surface area contributed by atoms with Crippen LogP contribution in [0.5, 0.6) is 28.7 Å². The summed E-state index contributed by atoms with van der Waals surface area (Å²) in [6, 6.07) is 49.6. The van der Waals surface area contributed by atoms with Crippen LogP contribution in [0.25, 0.3) is 33.0 Å². The molecule has 4 bridgehead atoms. The Morgan fingerprint density at radius 1 is 0.558 bits per heavy atom. The molecule has 0 amide bonds. The Labute approximate surface area is 698 Å². The highest BCUT2D eigenvalue weighted by Crippen LogP contribution is 2.64. The molecule has 21 nitrogen and oxygen atoms in total. The molecule has 0 N–H and O–H groups in total. The van der Waals surface area contributed by atoms with Crippen LogP contribution >= 0.6 is 0 Å². The Kier molecular flexibility index (Phi) is 29.2. The molecule has 4 aliphatic carbocycles. The quantitative estimate of drug-likeness (QED) is 0.00591. The predicted molar refractivity (Wildman–Crippen MR) is 436 cm³/mol. The molecule has 29 heteroatoms. The number of para-hydroxylation sites is 1. The molecule has 7 aromatic rings. The number of fused-ring (bicyclic) bond motifs is 4. The van der Waals surface area contributed by atoms with Crippen molar-refractivity contribution < 1.29 is 123 Å². The fraction of sp³-hybridized carbons (Fsp3) is 0.516. The van der Waals surface area contributed by atoms with Gasteiger partial charge in [-0.15, -0.1) is 0 Å². The van der Waals surface area contributed by atoms with E-state index in [1.807, 2.05) is 74.5 Å². The van der Waals surface area contributed by atoms with Gasteiger partial charge >= 0.3 is 50.4 Å². The maximum Gasteiger partial charge on any atom is 0.450 e. The van der Waals surface area contributed by atoms with Gasteiger partial charge in [0.05, 0.1) is 17.4 Å². The maximum atomic E-state index is 13.9. The van der Waals surface area contributed by atoms with Crippen LogP contribution in [0.4, 0.5) is 26.3 Å². The third kappa shape index (κ3) is 21.2. The van der Waals surface area contributed by atoms with Gasteiger partial charge in [0, 0.05) is 16.5 Å². The molecule has 0 aromatic heterocycles. The summed E-state index contributed by atoms with van der Waals surface area (Å²) in [5.41, 5.74) is 5.30. The van der Waals surface area contributed by atoms with E-state index in [0.717, 1.165) is 82.2 Å². The molecule has 0 spiro atoms. The Morgan fingerprint density at radius 2 is 1.04 bits per heavy atom. The molecule has 3 aliphatic heterocycles. The topological polar surface area (TPSA) is 270 Å². The number of benzene rings is 7. The lowest BCUT2D eigenvalue weighted by atomic mass is 9.46. The normalized spacial score (nSPS) is 22.5. The Balaban J connectivity index is 0.000000170. The van der Waals surface area contributed by atoms with Gasteiger partial charge in [0.1, 0.15) is 47.1 Å². The number of hydrogen-bond donors (Lipinski definition) is 0. The number of carbonyl (C=O) groups excluding carboxylic acids is 4. The average Bonchev–Trinajstić information content (AvgIpc) is 0.977. The fourth-order valence-electron chi connectivity index (χ4n) is 15.7. The number of hydrogen-bond acceptors (Lipinski definition) is 21. The summed E-state index contributed by atoms with van der Waals surface area (Å²) in [5.74, 6) is -4.72. The van der Waals surface area contributed by atoms with Crippen LogP contribution < -0.4 is 23.1 Å². The van der Waals surface area contributed by atoms with Crippen LogP contribution in [0.15, 0.2) is 164 Å². The van der Waals surface area contributed by atoms with Crippen molar-refractivity contribution in [2.75, 3.05) is 19.8 Å². The number of alkyl halides is 6. The van der Waals surface area contributed by atoms with Crippen molar-refractivity contribution in [2.45, 2.75) is 245 Å². The van der Waals surface area contributed by atoms with E-state index in [-0.39, 0.29) is 40.8 Å². The summed E-state index contributed by atoms with van der Waals surface area (Å²) in [6.07, 6.45) is 7.38. The van der Waals surface area contributed by atoms with E-state index in [1.165, 1.54) is 67.9 Å². The van der Waals surface area contributed by atoms with E-state index in [1.54, 1.807) is 48.5 Å². The average molecular weight is 1720 g/mol. The molecule has 8 unspecified atom stereocenters. The van der Waals surface area contributed by atoms with Crippen molar-refractivity contribution in [2.24, 2.45) is 34.0 Å². The molecule has 7 aromatic carbocycles. The minimum Gasteiger partial charge on any atom is -0.743 e. The van der Waals surface area contributed by atoms with Gasteiger partial charge in [-0.05, 0) is 238 Å². The molecule has 120 heavy (non-hydrogen) atoms. The predicted octanol–water partition coefficient (Wildman–Crippen LogP) is 19.9. The van der Waals surface area contributed by atoms with E-state index >= 15 is 0 Å². The van der Waals surface area contributed by atoms with E-state index < -0.39 is 113 Å². The van der Waals surface area contributed by atoms with Crippen molar-refractivity contribution in [3.05, 3.63) is 175 Å². The molecule has 3 heterocycles. The molecule has 0 radical (unpaired) electrons. The molecular weight excluding hydrogens is 1610 g/mol. The van der Waals surface area contributed by atoms with Gasteiger partial charge in [0.15, 0.2) is 47.3 Å². The second-order valence-electron chi connectivity index (χ2n) is 34.0. The largest absolute Gasteiger partial charge is 0.743 e. The zero-order valence-corrected chi connectivity index (χ0v) is 71.9. The van der Waals surface area contributed by atoms with Gasteiger partial charge in [-0.2, -0.15) is 34.8 Å². The monoisotopic (exact) mass is 1720 g/mol. The van der Waals surface area contributed by atoms with Crippen LogP contribution in [0.3, 0.4) is 0 Å². The first-order valence-electron chi connectivity index (χ1n) is 40.6. The van der Waals surface area contributed by atoms with Crippen LogP contribution in [-0.4, -0.2) is 130 Å². The zero-order chi connectivity index (χ0) is 87.9. The lowest BCUT2D eigenvalue weighted by Gasteiger charge is -2.61. The van der Waals surface area contributed by atoms with Crippen LogP contribution in [0, 0.1) is 34.0 Å². The molecule has 654 valence electrons. The highest BCUT2D eigenvalue weighted by molar-refractivity contribution is 7.88. The summed E-state index contributed by atoms with van der Waals surface area (Å²) in [7, 11) is -14.4. The Morgan fingerprint density at radius 3 is 1.54 bits per heavy atom. The smallest absolute Gasteiger partial charge is 0.450 e. The highest BCUT2D eigenvalue weighted by Gasteiger charge is 2.81. The number of esters is 4. The third-order valence-electron chi connectivity index (χ3n) is 23.8. The van der Waals surface area contributed by atoms with E-state index in [4.69, 9.17) is 52.1 Å². The van der Waals surface area contributed by atoms with E-state index in [0.29, 0.717) is 44.0 Å². The lowest BCUT2D eigenvalue weighted by Crippen LogP contribution is -2.61.